The number of methoxy groups -OCH3 is 1. The third-order valence-corrected chi connectivity index (χ3v) is 3.72. The van der Waals surface area contributed by atoms with Crippen LogP contribution in [0.1, 0.15) is 20.7 Å². The summed E-state index contributed by atoms with van der Waals surface area (Å²) in [6.07, 6.45) is 1.47. The Morgan fingerprint density at radius 3 is 2.52 bits per heavy atom. The number of pyridine rings is 1. The Kier molecular flexibility index (Phi) is 5.41. The first kappa shape index (κ1) is 18.1. The number of hydrogen-bond acceptors (Lipinski definition) is 5. The Hall–Kier alpha value is -3.74. The van der Waals surface area contributed by atoms with Crippen LogP contribution in [0.2, 0.25) is 0 Å². The van der Waals surface area contributed by atoms with E-state index in [4.69, 9.17) is 4.74 Å². The molecule has 6 nitrogen and oxygen atoms in total. The number of amides is 1. The number of hydrogen-bond donors (Lipinski definition) is 2. The molecule has 0 radical (unpaired) electrons. The minimum Gasteiger partial charge on any atom is -0.465 e. The highest BCUT2D eigenvalue weighted by molar-refractivity contribution is 6.04. The molecule has 0 saturated carbocycles. The van der Waals surface area contributed by atoms with Gasteiger partial charge in [-0.15, -0.1) is 0 Å². The van der Waals surface area contributed by atoms with Gasteiger partial charge in [0, 0.05) is 17.4 Å². The van der Waals surface area contributed by atoms with E-state index in [-0.39, 0.29) is 11.7 Å². The molecule has 0 fully saturated rings. The molecule has 7 heteroatoms. The van der Waals surface area contributed by atoms with Gasteiger partial charge >= 0.3 is 5.97 Å². The van der Waals surface area contributed by atoms with Gasteiger partial charge in [0.15, 0.2) is 0 Å². The Bertz CT molecular complexity index is 974. The van der Waals surface area contributed by atoms with Crippen LogP contribution in [-0.2, 0) is 4.74 Å². The molecule has 2 N–H and O–H groups in total. The number of anilines is 3. The number of rotatable bonds is 5. The summed E-state index contributed by atoms with van der Waals surface area (Å²) in [6.45, 7) is 0. The first-order valence-corrected chi connectivity index (χ1v) is 8.04. The standard InChI is InChI=1S/C20H16FN3O3/c1-27-20(26)16-4-2-3-5-17(16)24-18-12-13(10-11-22-18)19(25)23-15-8-6-14(21)7-9-15/h2-12H,1H3,(H,22,24)(H,23,25). The van der Waals surface area contributed by atoms with E-state index in [0.717, 1.165) is 0 Å². The fraction of sp³-hybridized carbons (Fsp3) is 0.0500. The van der Waals surface area contributed by atoms with E-state index >= 15 is 0 Å². The largest absolute Gasteiger partial charge is 0.465 e. The minimum atomic E-state index is -0.483. The van der Waals surface area contributed by atoms with Crippen molar-refractivity contribution in [2.45, 2.75) is 0 Å². The lowest BCUT2D eigenvalue weighted by molar-refractivity contribution is 0.0601. The quantitative estimate of drug-likeness (QED) is 0.668. The van der Waals surface area contributed by atoms with Gasteiger partial charge in [0.1, 0.15) is 11.6 Å². The van der Waals surface area contributed by atoms with Gasteiger partial charge in [0.25, 0.3) is 5.91 Å². The number of para-hydroxylation sites is 1. The van der Waals surface area contributed by atoms with Crippen molar-refractivity contribution in [3.8, 4) is 0 Å². The van der Waals surface area contributed by atoms with Crippen molar-refractivity contribution in [1.29, 1.82) is 0 Å². The number of esters is 1. The lowest BCUT2D eigenvalue weighted by Crippen LogP contribution is -2.12. The SMILES string of the molecule is COC(=O)c1ccccc1Nc1cc(C(=O)Nc2ccc(F)cc2)ccn1. The first-order valence-electron chi connectivity index (χ1n) is 8.04. The molecular formula is C20H16FN3O3. The van der Waals surface area contributed by atoms with Crippen molar-refractivity contribution < 1.29 is 18.7 Å². The van der Waals surface area contributed by atoms with Gasteiger partial charge in [-0.25, -0.2) is 14.2 Å². The normalized spacial score (nSPS) is 10.1. The lowest BCUT2D eigenvalue weighted by atomic mass is 10.1. The van der Waals surface area contributed by atoms with Gasteiger partial charge in [-0.05, 0) is 48.5 Å². The third kappa shape index (κ3) is 4.46. The summed E-state index contributed by atoms with van der Waals surface area (Å²) < 4.78 is 17.7. The molecule has 0 saturated heterocycles. The van der Waals surface area contributed by atoms with E-state index < -0.39 is 5.97 Å². The number of aromatic nitrogens is 1. The zero-order chi connectivity index (χ0) is 19.2. The fourth-order valence-corrected chi connectivity index (χ4v) is 2.39. The highest BCUT2D eigenvalue weighted by Crippen LogP contribution is 2.21. The topological polar surface area (TPSA) is 80.3 Å². The van der Waals surface area contributed by atoms with Crippen LogP contribution in [0.4, 0.5) is 21.6 Å². The zero-order valence-electron chi connectivity index (χ0n) is 14.4. The van der Waals surface area contributed by atoms with Crippen LogP contribution in [0.3, 0.4) is 0 Å². The van der Waals surface area contributed by atoms with E-state index in [9.17, 15) is 14.0 Å². The molecule has 3 aromatic rings. The second-order valence-electron chi connectivity index (χ2n) is 5.55. The average molecular weight is 365 g/mol. The molecule has 1 heterocycles. The van der Waals surface area contributed by atoms with Gasteiger partial charge in [-0.1, -0.05) is 12.1 Å². The summed E-state index contributed by atoms with van der Waals surface area (Å²) >= 11 is 0. The predicted molar refractivity (Wildman–Crippen MR) is 99.7 cm³/mol. The monoisotopic (exact) mass is 365 g/mol. The Labute approximate surface area is 155 Å². The van der Waals surface area contributed by atoms with E-state index in [0.29, 0.717) is 28.3 Å². The van der Waals surface area contributed by atoms with E-state index in [1.807, 2.05) is 0 Å². The number of benzene rings is 2. The summed E-state index contributed by atoms with van der Waals surface area (Å²) in [7, 11) is 1.30. The molecule has 0 atom stereocenters. The number of nitrogens with zero attached hydrogens (tertiary/aromatic N) is 1. The summed E-state index contributed by atoms with van der Waals surface area (Å²) in [6, 6.07) is 15.4. The minimum absolute atomic E-state index is 0.350. The predicted octanol–water partition coefficient (Wildman–Crippen LogP) is 4.00. The van der Waals surface area contributed by atoms with Crippen LogP contribution in [-0.4, -0.2) is 24.0 Å². The second kappa shape index (κ2) is 8.09. The highest BCUT2D eigenvalue weighted by atomic mass is 19.1. The zero-order valence-corrected chi connectivity index (χ0v) is 14.4. The molecule has 136 valence electrons. The molecule has 3 rings (SSSR count). The van der Waals surface area contributed by atoms with E-state index in [1.165, 1.54) is 37.6 Å². The Morgan fingerprint density at radius 2 is 1.78 bits per heavy atom. The van der Waals surface area contributed by atoms with Crippen molar-refractivity contribution >= 4 is 29.1 Å². The number of halogens is 1. The van der Waals surface area contributed by atoms with Crippen LogP contribution < -0.4 is 10.6 Å². The van der Waals surface area contributed by atoms with Crippen LogP contribution >= 0.6 is 0 Å². The second-order valence-corrected chi connectivity index (χ2v) is 5.55. The first-order chi connectivity index (χ1) is 13.1. The number of nitrogens with one attached hydrogen (secondary N) is 2. The molecule has 0 aliphatic rings. The molecule has 27 heavy (non-hydrogen) atoms. The van der Waals surface area contributed by atoms with Crippen molar-refractivity contribution in [1.82, 2.24) is 4.98 Å². The molecule has 2 aromatic carbocycles. The van der Waals surface area contributed by atoms with Crippen molar-refractivity contribution in [3.05, 3.63) is 83.8 Å². The van der Waals surface area contributed by atoms with Crippen molar-refractivity contribution in [2.24, 2.45) is 0 Å². The lowest BCUT2D eigenvalue weighted by Gasteiger charge is -2.11. The van der Waals surface area contributed by atoms with Gasteiger partial charge in [-0.3, -0.25) is 4.79 Å². The summed E-state index contributed by atoms with van der Waals surface area (Å²) in [5, 5.41) is 5.69. The molecule has 0 aliphatic heterocycles. The van der Waals surface area contributed by atoms with Gasteiger partial charge in [-0.2, -0.15) is 0 Å². The van der Waals surface area contributed by atoms with Crippen LogP contribution in [0.15, 0.2) is 66.9 Å². The smallest absolute Gasteiger partial charge is 0.339 e. The Balaban J connectivity index is 1.79. The van der Waals surface area contributed by atoms with E-state index in [2.05, 4.69) is 15.6 Å². The van der Waals surface area contributed by atoms with Crippen molar-refractivity contribution in [2.75, 3.05) is 17.7 Å². The summed E-state index contributed by atoms with van der Waals surface area (Å²) in [5.74, 6) is -0.845. The van der Waals surface area contributed by atoms with Crippen LogP contribution in [0.5, 0.6) is 0 Å². The molecule has 0 spiro atoms. The van der Waals surface area contributed by atoms with Gasteiger partial charge in [0.2, 0.25) is 0 Å². The molecule has 1 aromatic heterocycles. The molecular weight excluding hydrogens is 349 g/mol. The van der Waals surface area contributed by atoms with Crippen LogP contribution in [0.25, 0.3) is 0 Å². The number of ether oxygens (including phenoxy) is 1. The Morgan fingerprint density at radius 1 is 1.04 bits per heavy atom. The fourth-order valence-electron chi connectivity index (χ4n) is 2.39. The maximum Gasteiger partial charge on any atom is 0.339 e. The van der Waals surface area contributed by atoms with Crippen LogP contribution in [0, 0.1) is 5.82 Å². The van der Waals surface area contributed by atoms with Gasteiger partial charge < -0.3 is 15.4 Å². The summed E-state index contributed by atoms with van der Waals surface area (Å²) in [4.78, 5) is 28.4. The highest BCUT2D eigenvalue weighted by Gasteiger charge is 2.13. The van der Waals surface area contributed by atoms with Crippen molar-refractivity contribution in [3.63, 3.8) is 0 Å². The number of carbonyl (C=O) groups is 2. The molecule has 0 aliphatic carbocycles. The molecule has 0 unspecified atom stereocenters. The molecule has 0 bridgehead atoms. The third-order valence-electron chi connectivity index (χ3n) is 3.72. The molecule has 1 amide bonds. The average Bonchev–Trinajstić information content (AvgIpc) is 2.70. The maximum absolute atomic E-state index is 13.0. The van der Waals surface area contributed by atoms with Gasteiger partial charge in [0.05, 0.1) is 18.4 Å². The number of carbonyl (C=O) groups excluding carboxylic acids is 2. The maximum atomic E-state index is 13.0. The summed E-state index contributed by atoms with van der Waals surface area (Å²) in [5.41, 5.74) is 1.69. The van der Waals surface area contributed by atoms with E-state index in [1.54, 1.807) is 36.4 Å².